The predicted octanol–water partition coefficient (Wildman–Crippen LogP) is 3.23. The quantitative estimate of drug-likeness (QED) is 0.918. The second-order valence-corrected chi connectivity index (χ2v) is 4.96. The van der Waals surface area contributed by atoms with Crippen LogP contribution in [0, 0.1) is 6.92 Å². The van der Waals surface area contributed by atoms with E-state index in [0.29, 0.717) is 17.7 Å². The zero-order valence-electron chi connectivity index (χ0n) is 10.9. The molecule has 0 spiro atoms. The molecule has 1 atom stereocenters. The summed E-state index contributed by atoms with van der Waals surface area (Å²) in [4.78, 5) is 4.26. The number of hydrogen-bond donors (Lipinski definition) is 1. The van der Waals surface area contributed by atoms with E-state index < -0.39 is 0 Å². The van der Waals surface area contributed by atoms with Crippen molar-refractivity contribution in [2.24, 2.45) is 7.05 Å². The highest BCUT2D eigenvalue weighted by atomic mass is 35.5. The number of rotatable bonds is 4. The van der Waals surface area contributed by atoms with Crippen molar-refractivity contribution in [1.29, 1.82) is 0 Å². The Bertz CT molecular complexity index is 516. The van der Waals surface area contributed by atoms with Gasteiger partial charge in [-0.15, -0.1) is 0 Å². The van der Waals surface area contributed by atoms with Crippen molar-refractivity contribution < 1.29 is 0 Å². The van der Waals surface area contributed by atoms with Crippen LogP contribution in [0.5, 0.6) is 0 Å². The van der Waals surface area contributed by atoms with E-state index in [1.54, 1.807) is 6.20 Å². The number of nitrogens with one attached hydrogen (secondary N) is 1. The summed E-state index contributed by atoms with van der Waals surface area (Å²) in [5.74, 6) is 0.943. The lowest BCUT2D eigenvalue weighted by atomic mass is 10.1. The van der Waals surface area contributed by atoms with Crippen molar-refractivity contribution in [2.75, 3.05) is 0 Å². The van der Waals surface area contributed by atoms with Gasteiger partial charge >= 0.3 is 0 Å². The lowest BCUT2D eigenvalue weighted by Gasteiger charge is -2.14. The number of aromatic nitrogens is 2. The van der Waals surface area contributed by atoms with Crippen molar-refractivity contribution in [2.45, 2.75) is 26.4 Å². The van der Waals surface area contributed by atoms with Gasteiger partial charge in [-0.25, -0.2) is 4.98 Å². The molecular formula is C14H18ClN3. The minimum Gasteiger partial charge on any atom is -0.321 e. The normalized spacial score (nSPS) is 12.7. The first kappa shape index (κ1) is 13.1. The van der Waals surface area contributed by atoms with Crippen LogP contribution < -0.4 is 5.32 Å². The molecule has 1 N–H and O–H groups in total. The third-order valence-corrected chi connectivity index (χ3v) is 3.52. The molecule has 2 rings (SSSR count). The van der Waals surface area contributed by atoms with Gasteiger partial charge in [0.05, 0.1) is 12.7 Å². The molecule has 3 nitrogen and oxygen atoms in total. The second-order valence-electron chi connectivity index (χ2n) is 4.57. The van der Waals surface area contributed by atoms with Crippen LogP contribution >= 0.6 is 11.6 Å². The summed E-state index contributed by atoms with van der Waals surface area (Å²) in [6.07, 6.45) is 1.68. The molecule has 0 fully saturated rings. The Morgan fingerprint density at radius 1 is 1.33 bits per heavy atom. The lowest BCUT2D eigenvalue weighted by molar-refractivity contribution is 0.549. The van der Waals surface area contributed by atoms with Gasteiger partial charge in [-0.1, -0.05) is 41.4 Å². The molecule has 1 heterocycles. The number of hydrogen-bond acceptors (Lipinski definition) is 2. The van der Waals surface area contributed by atoms with Crippen molar-refractivity contribution in [1.82, 2.24) is 14.9 Å². The molecule has 0 radical (unpaired) electrons. The van der Waals surface area contributed by atoms with E-state index in [-0.39, 0.29) is 0 Å². The standard InChI is InChI=1S/C14H18ClN3/c1-10-4-6-12(7-5-10)11(2)16-9-14-17-8-13(15)18(14)3/h4-8,11,16H,9H2,1-3H3. The SMILES string of the molecule is Cc1ccc(C(C)NCc2ncc(Cl)n2C)cc1. The van der Waals surface area contributed by atoms with Gasteiger partial charge in [-0.3, -0.25) is 0 Å². The van der Waals surface area contributed by atoms with Crippen molar-refractivity contribution in [3.8, 4) is 0 Å². The van der Waals surface area contributed by atoms with Crippen molar-refractivity contribution in [3.63, 3.8) is 0 Å². The summed E-state index contributed by atoms with van der Waals surface area (Å²) >= 11 is 5.95. The summed E-state index contributed by atoms with van der Waals surface area (Å²) in [5, 5.41) is 4.11. The maximum absolute atomic E-state index is 5.95. The largest absolute Gasteiger partial charge is 0.321 e. The van der Waals surface area contributed by atoms with Crippen LogP contribution in [0.25, 0.3) is 0 Å². The number of nitrogens with zero attached hydrogens (tertiary/aromatic N) is 2. The van der Waals surface area contributed by atoms with Crippen molar-refractivity contribution >= 4 is 11.6 Å². The summed E-state index contributed by atoms with van der Waals surface area (Å²) in [6.45, 7) is 4.95. The van der Waals surface area contributed by atoms with Crippen LogP contribution in [0.2, 0.25) is 5.15 Å². The molecule has 1 unspecified atom stereocenters. The van der Waals surface area contributed by atoms with Crippen LogP contribution in [-0.2, 0) is 13.6 Å². The zero-order chi connectivity index (χ0) is 13.1. The minimum atomic E-state index is 0.293. The Labute approximate surface area is 113 Å². The Hall–Kier alpha value is -1.32. The molecule has 0 bridgehead atoms. The molecule has 0 aliphatic heterocycles. The van der Waals surface area contributed by atoms with Gasteiger partial charge in [-0.2, -0.15) is 0 Å². The average molecular weight is 264 g/mol. The third kappa shape index (κ3) is 2.92. The number of aryl methyl sites for hydroxylation is 1. The number of imidazole rings is 1. The lowest BCUT2D eigenvalue weighted by Crippen LogP contribution is -2.20. The molecule has 4 heteroatoms. The Morgan fingerprint density at radius 3 is 2.56 bits per heavy atom. The van der Waals surface area contributed by atoms with Crippen LogP contribution in [0.4, 0.5) is 0 Å². The molecule has 18 heavy (non-hydrogen) atoms. The van der Waals surface area contributed by atoms with Crippen LogP contribution in [0.1, 0.15) is 29.9 Å². The van der Waals surface area contributed by atoms with Crippen LogP contribution in [-0.4, -0.2) is 9.55 Å². The fourth-order valence-corrected chi connectivity index (χ4v) is 1.95. The van der Waals surface area contributed by atoms with E-state index in [1.807, 2.05) is 11.6 Å². The maximum atomic E-state index is 5.95. The summed E-state index contributed by atoms with van der Waals surface area (Å²) in [7, 11) is 1.92. The highest BCUT2D eigenvalue weighted by Crippen LogP contribution is 2.14. The first-order chi connectivity index (χ1) is 8.58. The molecule has 2 aromatic rings. The maximum Gasteiger partial charge on any atom is 0.128 e. The monoisotopic (exact) mass is 263 g/mol. The first-order valence-corrected chi connectivity index (χ1v) is 6.42. The van der Waals surface area contributed by atoms with E-state index in [4.69, 9.17) is 11.6 Å². The molecular weight excluding hydrogens is 246 g/mol. The fourth-order valence-electron chi connectivity index (χ4n) is 1.81. The van der Waals surface area contributed by atoms with Crippen LogP contribution in [0.15, 0.2) is 30.5 Å². The summed E-state index contributed by atoms with van der Waals surface area (Å²) in [6, 6.07) is 8.86. The summed E-state index contributed by atoms with van der Waals surface area (Å²) in [5.41, 5.74) is 2.56. The van der Waals surface area contributed by atoms with E-state index in [0.717, 1.165) is 5.82 Å². The third-order valence-electron chi connectivity index (χ3n) is 3.17. The van der Waals surface area contributed by atoms with Gasteiger partial charge in [0.1, 0.15) is 11.0 Å². The average Bonchev–Trinajstić information content (AvgIpc) is 2.68. The molecule has 1 aromatic heterocycles. The second kappa shape index (κ2) is 5.55. The highest BCUT2D eigenvalue weighted by Gasteiger charge is 2.08. The number of halogens is 1. The van der Waals surface area contributed by atoms with Gasteiger partial charge in [0, 0.05) is 13.1 Å². The first-order valence-electron chi connectivity index (χ1n) is 6.04. The Morgan fingerprint density at radius 2 is 2.00 bits per heavy atom. The molecule has 0 aliphatic carbocycles. The molecule has 0 amide bonds. The highest BCUT2D eigenvalue weighted by molar-refractivity contribution is 6.29. The molecule has 0 saturated carbocycles. The Kier molecular flexibility index (Phi) is 4.04. The smallest absolute Gasteiger partial charge is 0.128 e. The Balaban J connectivity index is 1.98. The van der Waals surface area contributed by atoms with Gasteiger partial charge in [0.2, 0.25) is 0 Å². The molecule has 1 aromatic carbocycles. The zero-order valence-corrected chi connectivity index (χ0v) is 11.7. The molecule has 0 saturated heterocycles. The van der Waals surface area contributed by atoms with Gasteiger partial charge in [0.25, 0.3) is 0 Å². The fraction of sp³-hybridized carbons (Fsp3) is 0.357. The van der Waals surface area contributed by atoms with Gasteiger partial charge in [-0.05, 0) is 19.4 Å². The predicted molar refractivity (Wildman–Crippen MR) is 74.7 cm³/mol. The van der Waals surface area contributed by atoms with E-state index in [9.17, 15) is 0 Å². The topological polar surface area (TPSA) is 29.9 Å². The van der Waals surface area contributed by atoms with E-state index >= 15 is 0 Å². The van der Waals surface area contributed by atoms with Gasteiger partial charge in [0.15, 0.2) is 0 Å². The number of benzene rings is 1. The molecule has 0 aliphatic rings. The van der Waals surface area contributed by atoms with E-state index in [1.165, 1.54) is 11.1 Å². The van der Waals surface area contributed by atoms with E-state index in [2.05, 4.69) is 48.4 Å². The minimum absolute atomic E-state index is 0.293. The van der Waals surface area contributed by atoms with Gasteiger partial charge < -0.3 is 9.88 Å². The van der Waals surface area contributed by atoms with Crippen molar-refractivity contribution in [3.05, 3.63) is 52.6 Å². The molecule has 96 valence electrons. The van der Waals surface area contributed by atoms with Crippen LogP contribution in [0.3, 0.4) is 0 Å². The summed E-state index contributed by atoms with van der Waals surface area (Å²) < 4.78 is 1.89.